The van der Waals surface area contributed by atoms with E-state index in [0.29, 0.717) is 13.1 Å². The lowest BCUT2D eigenvalue weighted by Crippen LogP contribution is -2.42. The number of hydrogen-bond donors (Lipinski definition) is 1. The van der Waals surface area contributed by atoms with Crippen molar-refractivity contribution in [2.75, 3.05) is 19.6 Å². The minimum Gasteiger partial charge on any atom is -0.356 e. The lowest BCUT2D eigenvalue weighted by atomic mass is 9.96. The van der Waals surface area contributed by atoms with Gasteiger partial charge in [0.2, 0.25) is 11.8 Å². The zero-order valence-electron chi connectivity index (χ0n) is 10.9. The average Bonchev–Trinajstić information content (AvgIpc) is 3.22. The van der Waals surface area contributed by atoms with Crippen molar-refractivity contribution in [1.82, 2.24) is 10.2 Å². The van der Waals surface area contributed by atoms with Gasteiger partial charge in [-0.25, -0.2) is 0 Å². The van der Waals surface area contributed by atoms with Crippen LogP contribution >= 0.6 is 0 Å². The Morgan fingerprint density at radius 3 is 2.44 bits per heavy atom. The molecule has 0 aromatic heterocycles. The van der Waals surface area contributed by atoms with Crippen LogP contribution in [-0.2, 0) is 9.59 Å². The van der Waals surface area contributed by atoms with Crippen LogP contribution in [0.3, 0.4) is 0 Å². The van der Waals surface area contributed by atoms with Gasteiger partial charge in [-0.1, -0.05) is 19.4 Å². The molecule has 1 N–H and O–H groups in total. The number of carbonyl (C=O) groups excluding carboxylic acids is 2. The Morgan fingerprint density at radius 2 is 1.89 bits per heavy atom. The molecule has 0 atom stereocenters. The monoisotopic (exact) mass is 250 g/mol. The third kappa shape index (κ3) is 3.59. The first-order chi connectivity index (χ1) is 8.70. The highest BCUT2D eigenvalue weighted by atomic mass is 16.2. The second kappa shape index (κ2) is 6.03. The van der Waals surface area contributed by atoms with Gasteiger partial charge in [0.25, 0.3) is 0 Å². The highest BCUT2D eigenvalue weighted by Gasteiger charge is 2.27. The molecular formula is C14H22N2O2. The summed E-state index contributed by atoms with van der Waals surface area (Å²) in [5.41, 5.74) is 0. The molecule has 0 spiro atoms. The molecule has 1 saturated heterocycles. The minimum atomic E-state index is -0.0254. The predicted molar refractivity (Wildman–Crippen MR) is 69.9 cm³/mol. The van der Waals surface area contributed by atoms with E-state index in [1.165, 1.54) is 18.9 Å². The third-order valence-corrected chi connectivity index (χ3v) is 3.90. The summed E-state index contributed by atoms with van der Waals surface area (Å²) in [6.07, 6.45) is 6.68. The van der Waals surface area contributed by atoms with Gasteiger partial charge in [0.1, 0.15) is 0 Å². The largest absolute Gasteiger partial charge is 0.356 e. The molecule has 0 aromatic rings. The van der Waals surface area contributed by atoms with E-state index in [2.05, 4.69) is 11.9 Å². The SMILES string of the molecule is C=CC(=O)N1CCC(C(=O)NCCC2CC2)CC1. The summed E-state index contributed by atoms with van der Waals surface area (Å²) in [5, 5.41) is 3.02. The van der Waals surface area contributed by atoms with E-state index in [4.69, 9.17) is 0 Å². The van der Waals surface area contributed by atoms with E-state index in [1.807, 2.05) is 0 Å². The number of nitrogens with one attached hydrogen (secondary N) is 1. The summed E-state index contributed by atoms with van der Waals surface area (Å²) < 4.78 is 0. The van der Waals surface area contributed by atoms with Crippen LogP contribution in [0, 0.1) is 11.8 Å². The van der Waals surface area contributed by atoms with Crippen LogP contribution in [-0.4, -0.2) is 36.3 Å². The fourth-order valence-electron chi connectivity index (χ4n) is 2.44. The molecule has 0 radical (unpaired) electrons. The van der Waals surface area contributed by atoms with Gasteiger partial charge < -0.3 is 10.2 Å². The van der Waals surface area contributed by atoms with E-state index in [9.17, 15) is 9.59 Å². The molecule has 0 aromatic carbocycles. The van der Waals surface area contributed by atoms with Gasteiger partial charge in [-0.3, -0.25) is 9.59 Å². The van der Waals surface area contributed by atoms with Crippen molar-refractivity contribution in [2.24, 2.45) is 11.8 Å². The average molecular weight is 250 g/mol. The Morgan fingerprint density at radius 1 is 1.22 bits per heavy atom. The lowest BCUT2D eigenvalue weighted by Gasteiger charge is -2.30. The first-order valence-corrected chi connectivity index (χ1v) is 6.89. The van der Waals surface area contributed by atoms with Crippen molar-refractivity contribution >= 4 is 11.8 Å². The fraction of sp³-hybridized carbons (Fsp3) is 0.714. The predicted octanol–water partition coefficient (Wildman–Crippen LogP) is 1.33. The summed E-state index contributed by atoms with van der Waals surface area (Å²) in [4.78, 5) is 25.1. The minimum absolute atomic E-state index is 0.0254. The summed E-state index contributed by atoms with van der Waals surface area (Å²) in [6.45, 7) is 5.64. The number of hydrogen-bond acceptors (Lipinski definition) is 2. The number of piperidine rings is 1. The van der Waals surface area contributed by atoms with Crippen LogP contribution in [0.5, 0.6) is 0 Å². The number of carbonyl (C=O) groups is 2. The van der Waals surface area contributed by atoms with Crippen molar-refractivity contribution in [3.63, 3.8) is 0 Å². The van der Waals surface area contributed by atoms with Crippen LogP contribution < -0.4 is 5.32 Å². The molecule has 4 nitrogen and oxygen atoms in total. The maximum atomic E-state index is 11.9. The van der Waals surface area contributed by atoms with Gasteiger partial charge in [-0.2, -0.15) is 0 Å². The molecule has 1 heterocycles. The maximum Gasteiger partial charge on any atom is 0.245 e. The van der Waals surface area contributed by atoms with E-state index in [0.717, 1.165) is 31.7 Å². The molecule has 2 amide bonds. The van der Waals surface area contributed by atoms with Gasteiger partial charge in [-0.05, 0) is 31.3 Å². The van der Waals surface area contributed by atoms with Crippen LogP contribution in [0.25, 0.3) is 0 Å². The van der Waals surface area contributed by atoms with Crippen molar-refractivity contribution in [3.05, 3.63) is 12.7 Å². The number of rotatable bonds is 5. The highest BCUT2D eigenvalue weighted by molar-refractivity contribution is 5.87. The summed E-state index contributed by atoms with van der Waals surface area (Å²) in [7, 11) is 0. The summed E-state index contributed by atoms with van der Waals surface area (Å²) in [5.74, 6) is 1.08. The fourth-order valence-corrected chi connectivity index (χ4v) is 2.44. The first kappa shape index (κ1) is 13.1. The molecule has 0 bridgehead atoms. The van der Waals surface area contributed by atoms with E-state index >= 15 is 0 Å². The van der Waals surface area contributed by atoms with Crippen LogP contribution in [0.1, 0.15) is 32.1 Å². The van der Waals surface area contributed by atoms with Gasteiger partial charge in [0.15, 0.2) is 0 Å². The Bertz CT molecular complexity index is 329. The van der Waals surface area contributed by atoms with Crippen LogP contribution in [0.2, 0.25) is 0 Å². The first-order valence-electron chi connectivity index (χ1n) is 6.89. The van der Waals surface area contributed by atoms with Gasteiger partial charge in [0.05, 0.1) is 0 Å². The van der Waals surface area contributed by atoms with Crippen LogP contribution in [0.4, 0.5) is 0 Å². The second-order valence-electron chi connectivity index (χ2n) is 5.33. The molecule has 100 valence electrons. The van der Waals surface area contributed by atoms with Crippen molar-refractivity contribution < 1.29 is 9.59 Å². The Labute approximate surface area is 108 Å². The van der Waals surface area contributed by atoms with Crippen molar-refractivity contribution in [3.8, 4) is 0 Å². The Hall–Kier alpha value is -1.32. The molecule has 1 aliphatic heterocycles. The Balaban J connectivity index is 1.66. The molecule has 2 rings (SSSR count). The summed E-state index contributed by atoms with van der Waals surface area (Å²) in [6, 6.07) is 0. The third-order valence-electron chi connectivity index (χ3n) is 3.90. The van der Waals surface area contributed by atoms with E-state index in [1.54, 1.807) is 4.90 Å². The number of likely N-dealkylation sites (tertiary alicyclic amines) is 1. The molecule has 2 aliphatic rings. The molecule has 1 saturated carbocycles. The summed E-state index contributed by atoms with van der Waals surface area (Å²) >= 11 is 0. The van der Waals surface area contributed by atoms with Gasteiger partial charge >= 0.3 is 0 Å². The lowest BCUT2D eigenvalue weighted by molar-refractivity contribution is -0.132. The maximum absolute atomic E-state index is 11.9. The van der Waals surface area contributed by atoms with Crippen LogP contribution in [0.15, 0.2) is 12.7 Å². The molecule has 2 fully saturated rings. The zero-order chi connectivity index (χ0) is 13.0. The number of amides is 2. The quantitative estimate of drug-likeness (QED) is 0.748. The van der Waals surface area contributed by atoms with Gasteiger partial charge in [0, 0.05) is 25.6 Å². The normalized spacial score (nSPS) is 20.6. The second-order valence-corrected chi connectivity index (χ2v) is 5.33. The highest BCUT2D eigenvalue weighted by Crippen LogP contribution is 2.31. The smallest absolute Gasteiger partial charge is 0.245 e. The topological polar surface area (TPSA) is 49.4 Å². The zero-order valence-corrected chi connectivity index (χ0v) is 10.9. The van der Waals surface area contributed by atoms with E-state index < -0.39 is 0 Å². The van der Waals surface area contributed by atoms with Crippen molar-refractivity contribution in [1.29, 1.82) is 0 Å². The number of nitrogens with zero attached hydrogens (tertiary/aromatic N) is 1. The molecule has 18 heavy (non-hydrogen) atoms. The molecule has 4 heteroatoms. The molecule has 0 unspecified atom stereocenters. The van der Waals surface area contributed by atoms with E-state index in [-0.39, 0.29) is 17.7 Å². The van der Waals surface area contributed by atoms with Crippen molar-refractivity contribution in [2.45, 2.75) is 32.1 Å². The Kier molecular flexibility index (Phi) is 4.39. The standard InChI is InChI=1S/C14H22N2O2/c1-2-13(17)16-9-6-12(7-10-16)14(18)15-8-5-11-3-4-11/h2,11-12H,1,3-10H2,(H,15,18). The van der Waals surface area contributed by atoms with Gasteiger partial charge in [-0.15, -0.1) is 0 Å². The molecule has 1 aliphatic carbocycles. The molecular weight excluding hydrogens is 228 g/mol.